The Morgan fingerprint density at radius 1 is 1.27 bits per heavy atom. The predicted molar refractivity (Wildman–Crippen MR) is 91.8 cm³/mol. The van der Waals surface area contributed by atoms with Gasteiger partial charge in [0, 0.05) is 19.5 Å². The van der Waals surface area contributed by atoms with Crippen LogP contribution in [0.4, 0.5) is 4.79 Å². The second-order valence-electron chi connectivity index (χ2n) is 6.73. The zero-order valence-corrected chi connectivity index (χ0v) is 14.7. The van der Waals surface area contributed by atoms with Gasteiger partial charge in [-0.3, -0.25) is 0 Å². The van der Waals surface area contributed by atoms with E-state index in [1.807, 2.05) is 18.2 Å². The van der Waals surface area contributed by atoms with E-state index in [1.165, 1.54) is 12.8 Å². The quantitative estimate of drug-likeness (QED) is 0.884. The van der Waals surface area contributed by atoms with Gasteiger partial charge in [0.05, 0.1) is 6.54 Å². The third kappa shape index (κ3) is 3.58. The first-order valence-electron chi connectivity index (χ1n) is 8.89. The summed E-state index contributed by atoms with van der Waals surface area (Å²) in [6, 6.07) is 5.46. The first kappa shape index (κ1) is 16.7. The highest BCUT2D eigenvalue weighted by molar-refractivity contribution is 5.73. The summed E-state index contributed by atoms with van der Waals surface area (Å²) < 4.78 is 16.0. The van der Waals surface area contributed by atoms with Crippen molar-refractivity contribution in [3.05, 3.63) is 35.5 Å². The van der Waals surface area contributed by atoms with E-state index in [2.05, 4.69) is 15.5 Å². The molecule has 8 heteroatoms. The Balaban J connectivity index is 1.29. The summed E-state index contributed by atoms with van der Waals surface area (Å²) in [5, 5.41) is 6.79. The van der Waals surface area contributed by atoms with Crippen molar-refractivity contribution in [2.75, 3.05) is 13.8 Å². The lowest BCUT2D eigenvalue weighted by atomic mass is 10.1. The third-order valence-corrected chi connectivity index (χ3v) is 4.79. The van der Waals surface area contributed by atoms with Crippen molar-refractivity contribution < 1.29 is 18.8 Å². The molecule has 1 fully saturated rings. The van der Waals surface area contributed by atoms with Gasteiger partial charge in [-0.2, -0.15) is 4.98 Å². The Bertz CT molecular complexity index is 785. The normalized spacial score (nSPS) is 16.0. The Morgan fingerprint density at radius 3 is 2.92 bits per heavy atom. The summed E-state index contributed by atoms with van der Waals surface area (Å²) in [7, 11) is 1.74. The number of benzene rings is 1. The standard InChI is InChI=1S/C18H22N4O4/c1-22(10-12-6-7-14-15(8-12)25-11-24-14)18(23)19-9-16-20-17(26-21-16)13-4-2-3-5-13/h6-8,13H,2-5,9-11H2,1H3,(H,19,23). The molecule has 2 amide bonds. The van der Waals surface area contributed by atoms with Gasteiger partial charge in [0.2, 0.25) is 12.7 Å². The zero-order valence-electron chi connectivity index (χ0n) is 14.7. The van der Waals surface area contributed by atoms with Crippen LogP contribution in [0.1, 0.15) is 48.9 Å². The number of rotatable bonds is 5. The van der Waals surface area contributed by atoms with Crippen LogP contribution in [-0.4, -0.2) is 34.9 Å². The minimum absolute atomic E-state index is 0.199. The van der Waals surface area contributed by atoms with E-state index in [0.717, 1.165) is 24.2 Å². The molecule has 2 heterocycles. The van der Waals surface area contributed by atoms with E-state index in [0.29, 0.717) is 29.9 Å². The smallest absolute Gasteiger partial charge is 0.317 e. The number of carbonyl (C=O) groups excluding carboxylic acids is 1. The van der Waals surface area contributed by atoms with Gasteiger partial charge in [-0.25, -0.2) is 4.79 Å². The van der Waals surface area contributed by atoms with E-state index in [1.54, 1.807) is 11.9 Å². The SMILES string of the molecule is CN(Cc1ccc2c(c1)OCO2)C(=O)NCc1noc(C2CCCC2)n1. The Kier molecular flexibility index (Phi) is 4.64. The molecule has 4 rings (SSSR count). The number of nitrogens with zero attached hydrogens (tertiary/aromatic N) is 3. The van der Waals surface area contributed by atoms with Crippen LogP contribution in [0.5, 0.6) is 11.5 Å². The highest BCUT2D eigenvalue weighted by atomic mass is 16.7. The second kappa shape index (κ2) is 7.23. The molecule has 0 bridgehead atoms. The molecule has 26 heavy (non-hydrogen) atoms. The Hall–Kier alpha value is -2.77. The van der Waals surface area contributed by atoms with E-state index in [9.17, 15) is 4.79 Å². The number of aromatic nitrogens is 2. The number of carbonyl (C=O) groups is 1. The summed E-state index contributed by atoms with van der Waals surface area (Å²) in [6.07, 6.45) is 4.63. The molecule has 1 aromatic heterocycles. The summed E-state index contributed by atoms with van der Waals surface area (Å²) in [4.78, 5) is 18.3. The van der Waals surface area contributed by atoms with Crippen LogP contribution in [0, 0.1) is 0 Å². The first-order chi connectivity index (χ1) is 12.7. The van der Waals surface area contributed by atoms with Gasteiger partial charge in [-0.1, -0.05) is 24.1 Å². The van der Waals surface area contributed by atoms with Gasteiger partial charge in [-0.05, 0) is 30.5 Å². The molecule has 2 aromatic rings. The van der Waals surface area contributed by atoms with Crippen molar-refractivity contribution in [2.24, 2.45) is 0 Å². The van der Waals surface area contributed by atoms with Crippen molar-refractivity contribution in [2.45, 2.75) is 44.7 Å². The number of nitrogens with one attached hydrogen (secondary N) is 1. The van der Waals surface area contributed by atoms with Crippen molar-refractivity contribution in [3.8, 4) is 11.5 Å². The van der Waals surface area contributed by atoms with Gasteiger partial charge in [0.1, 0.15) is 0 Å². The maximum Gasteiger partial charge on any atom is 0.317 e. The molecular weight excluding hydrogens is 336 g/mol. The van der Waals surface area contributed by atoms with Crippen LogP contribution in [0.15, 0.2) is 22.7 Å². The number of hydrogen-bond donors (Lipinski definition) is 1. The molecule has 138 valence electrons. The lowest BCUT2D eigenvalue weighted by molar-refractivity contribution is 0.174. The van der Waals surface area contributed by atoms with Crippen LogP contribution >= 0.6 is 0 Å². The first-order valence-corrected chi connectivity index (χ1v) is 8.89. The molecule has 1 aliphatic carbocycles. The highest BCUT2D eigenvalue weighted by Crippen LogP contribution is 2.33. The molecule has 2 aliphatic rings. The fourth-order valence-corrected chi connectivity index (χ4v) is 3.35. The number of amides is 2. The van der Waals surface area contributed by atoms with Crippen LogP contribution < -0.4 is 14.8 Å². The molecule has 0 atom stereocenters. The van der Waals surface area contributed by atoms with Gasteiger partial charge >= 0.3 is 6.03 Å². The molecule has 1 saturated carbocycles. The average Bonchev–Trinajstić information content (AvgIpc) is 3.39. The number of fused-ring (bicyclic) bond motifs is 1. The molecule has 0 radical (unpaired) electrons. The monoisotopic (exact) mass is 358 g/mol. The maximum absolute atomic E-state index is 12.3. The van der Waals surface area contributed by atoms with Crippen molar-refractivity contribution in [1.29, 1.82) is 0 Å². The summed E-state index contributed by atoms with van der Waals surface area (Å²) in [6.45, 7) is 0.950. The molecule has 1 aromatic carbocycles. The summed E-state index contributed by atoms with van der Waals surface area (Å²) in [5.74, 6) is 3.02. The van der Waals surface area contributed by atoms with Crippen LogP contribution in [-0.2, 0) is 13.1 Å². The minimum atomic E-state index is -0.199. The van der Waals surface area contributed by atoms with Crippen molar-refractivity contribution in [1.82, 2.24) is 20.4 Å². The lowest BCUT2D eigenvalue weighted by Gasteiger charge is -2.17. The predicted octanol–water partition coefficient (Wildman–Crippen LogP) is 2.80. The van der Waals surface area contributed by atoms with E-state index >= 15 is 0 Å². The highest BCUT2D eigenvalue weighted by Gasteiger charge is 2.23. The van der Waals surface area contributed by atoms with Gasteiger partial charge < -0.3 is 24.2 Å². The fraction of sp³-hybridized carbons (Fsp3) is 0.500. The van der Waals surface area contributed by atoms with Gasteiger partial charge in [-0.15, -0.1) is 0 Å². The molecule has 0 saturated heterocycles. The number of urea groups is 1. The molecule has 1 aliphatic heterocycles. The summed E-state index contributed by atoms with van der Waals surface area (Å²) in [5.41, 5.74) is 0.968. The Morgan fingerprint density at radius 2 is 2.08 bits per heavy atom. The van der Waals surface area contributed by atoms with Crippen LogP contribution in [0.25, 0.3) is 0 Å². The van der Waals surface area contributed by atoms with E-state index < -0.39 is 0 Å². The topological polar surface area (TPSA) is 89.7 Å². The minimum Gasteiger partial charge on any atom is -0.454 e. The van der Waals surface area contributed by atoms with E-state index in [-0.39, 0.29) is 19.4 Å². The molecule has 0 spiro atoms. The molecular formula is C18H22N4O4. The van der Waals surface area contributed by atoms with Crippen LogP contribution in [0.3, 0.4) is 0 Å². The van der Waals surface area contributed by atoms with Crippen molar-refractivity contribution >= 4 is 6.03 Å². The zero-order chi connectivity index (χ0) is 17.9. The van der Waals surface area contributed by atoms with Crippen LogP contribution in [0.2, 0.25) is 0 Å². The van der Waals surface area contributed by atoms with Crippen molar-refractivity contribution in [3.63, 3.8) is 0 Å². The number of hydrogen-bond acceptors (Lipinski definition) is 6. The molecule has 1 N–H and O–H groups in total. The van der Waals surface area contributed by atoms with Gasteiger partial charge in [0.15, 0.2) is 17.3 Å². The second-order valence-corrected chi connectivity index (χ2v) is 6.73. The Labute approximate surface area is 151 Å². The number of ether oxygens (including phenoxy) is 2. The largest absolute Gasteiger partial charge is 0.454 e. The molecule has 8 nitrogen and oxygen atoms in total. The van der Waals surface area contributed by atoms with E-state index in [4.69, 9.17) is 14.0 Å². The van der Waals surface area contributed by atoms with Gasteiger partial charge in [0.25, 0.3) is 0 Å². The lowest BCUT2D eigenvalue weighted by Crippen LogP contribution is -2.36. The average molecular weight is 358 g/mol. The maximum atomic E-state index is 12.3. The summed E-state index contributed by atoms with van der Waals surface area (Å²) >= 11 is 0. The molecule has 0 unspecified atom stereocenters. The third-order valence-electron chi connectivity index (χ3n) is 4.79. The fourth-order valence-electron chi connectivity index (χ4n) is 3.35.